The molecule has 0 spiro atoms. The van der Waals surface area contributed by atoms with E-state index >= 15 is 0 Å². The highest BCUT2D eigenvalue weighted by atomic mass is 32.2. The van der Waals surface area contributed by atoms with Crippen LogP contribution in [0.5, 0.6) is 0 Å². The van der Waals surface area contributed by atoms with Crippen LogP contribution in [-0.2, 0) is 10.2 Å². The molecule has 0 aromatic heterocycles. The van der Waals surface area contributed by atoms with Crippen molar-refractivity contribution in [2.45, 2.75) is 25.9 Å². The number of aliphatic hydroxyl groups excluding tert-OH is 1. The van der Waals surface area contributed by atoms with Crippen LogP contribution in [0.15, 0.2) is 0 Å². The zero-order valence-corrected chi connectivity index (χ0v) is 9.42. The second kappa shape index (κ2) is 4.57. The van der Waals surface area contributed by atoms with Crippen molar-refractivity contribution in [1.82, 2.24) is 9.03 Å². The highest BCUT2D eigenvalue weighted by Crippen LogP contribution is 2.21. The molecule has 1 atom stereocenters. The predicted octanol–water partition coefficient (Wildman–Crippen LogP) is -0.457. The molecule has 0 bridgehead atoms. The van der Waals surface area contributed by atoms with Gasteiger partial charge in [-0.05, 0) is 25.7 Å². The third-order valence-electron chi connectivity index (χ3n) is 2.78. The quantitative estimate of drug-likeness (QED) is 0.679. The molecule has 0 amide bonds. The van der Waals surface area contributed by atoms with Gasteiger partial charge in [0.2, 0.25) is 0 Å². The van der Waals surface area contributed by atoms with Gasteiger partial charge in [-0.15, -0.1) is 0 Å². The zero-order chi connectivity index (χ0) is 10.8. The monoisotopic (exact) mass is 222 g/mol. The molecule has 0 aromatic carbocycles. The predicted molar refractivity (Wildman–Crippen MR) is 54.0 cm³/mol. The molecule has 6 heteroatoms. The zero-order valence-electron chi connectivity index (χ0n) is 8.60. The van der Waals surface area contributed by atoms with Gasteiger partial charge in [0, 0.05) is 20.1 Å². The molecule has 1 saturated heterocycles. The Morgan fingerprint density at radius 3 is 2.29 bits per heavy atom. The normalized spacial score (nSPS) is 23.6. The highest BCUT2D eigenvalue weighted by molar-refractivity contribution is 7.87. The van der Waals surface area contributed by atoms with E-state index in [2.05, 4.69) is 4.72 Å². The van der Waals surface area contributed by atoms with Crippen LogP contribution < -0.4 is 4.72 Å². The van der Waals surface area contributed by atoms with E-state index < -0.39 is 10.2 Å². The van der Waals surface area contributed by atoms with Crippen LogP contribution in [0, 0.1) is 5.92 Å². The SMILES string of the molecule is CNS(=O)(=O)N1CCC(C(C)O)CC1. The molecule has 1 unspecified atom stereocenters. The van der Waals surface area contributed by atoms with Crippen molar-refractivity contribution >= 4 is 10.2 Å². The molecular formula is C8H18N2O3S. The van der Waals surface area contributed by atoms with E-state index in [9.17, 15) is 13.5 Å². The van der Waals surface area contributed by atoms with Gasteiger partial charge in [0.1, 0.15) is 0 Å². The molecular weight excluding hydrogens is 204 g/mol. The lowest BCUT2D eigenvalue weighted by molar-refractivity contribution is 0.0910. The van der Waals surface area contributed by atoms with E-state index in [1.54, 1.807) is 6.92 Å². The third-order valence-corrected chi connectivity index (χ3v) is 4.34. The topological polar surface area (TPSA) is 69.6 Å². The molecule has 1 aliphatic heterocycles. The van der Waals surface area contributed by atoms with Crippen LogP contribution in [0.1, 0.15) is 19.8 Å². The average Bonchev–Trinajstić information content (AvgIpc) is 2.18. The van der Waals surface area contributed by atoms with E-state index in [1.807, 2.05) is 0 Å². The summed E-state index contributed by atoms with van der Waals surface area (Å²) >= 11 is 0. The Labute approximate surface area is 85.3 Å². The summed E-state index contributed by atoms with van der Waals surface area (Å²) < 4.78 is 26.5. The lowest BCUT2D eigenvalue weighted by Gasteiger charge is -2.31. The second-order valence-corrected chi connectivity index (χ2v) is 5.56. The Hall–Kier alpha value is -0.170. The molecule has 0 aliphatic carbocycles. The van der Waals surface area contributed by atoms with Gasteiger partial charge in [0.05, 0.1) is 6.10 Å². The van der Waals surface area contributed by atoms with Crippen molar-refractivity contribution < 1.29 is 13.5 Å². The lowest BCUT2D eigenvalue weighted by Crippen LogP contribution is -2.45. The number of aliphatic hydroxyl groups is 1. The summed E-state index contributed by atoms with van der Waals surface area (Å²) in [5.74, 6) is 0.235. The van der Waals surface area contributed by atoms with Crippen molar-refractivity contribution in [3.63, 3.8) is 0 Å². The first-order chi connectivity index (χ1) is 6.47. The first kappa shape index (κ1) is 11.9. The number of hydrogen-bond donors (Lipinski definition) is 2. The third kappa shape index (κ3) is 2.66. The largest absolute Gasteiger partial charge is 0.393 e. The molecule has 5 nitrogen and oxygen atoms in total. The summed E-state index contributed by atoms with van der Waals surface area (Å²) in [7, 11) is -1.86. The fraction of sp³-hybridized carbons (Fsp3) is 1.00. The lowest BCUT2D eigenvalue weighted by atomic mass is 9.93. The van der Waals surface area contributed by atoms with Crippen LogP contribution in [-0.4, -0.2) is 44.1 Å². The number of rotatable bonds is 3. The van der Waals surface area contributed by atoms with Gasteiger partial charge in [0.15, 0.2) is 0 Å². The molecule has 1 rings (SSSR count). The summed E-state index contributed by atoms with van der Waals surface area (Å²) in [4.78, 5) is 0. The molecule has 84 valence electrons. The molecule has 1 aliphatic rings. The van der Waals surface area contributed by atoms with Gasteiger partial charge in [-0.3, -0.25) is 0 Å². The minimum atomic E-state index is -3.27. The van der Waals surface area contributed by atoms with Crippen molar-refractivity contribution in [3.05, 3.63) is 0 Å². The van der Waals surface area contributed by atoms with Gasteiger partial charge < -0.3 is 5.11 Å². The molecule has 2 N–H and O–H groups in total. The van der Waals surface area contributed by atoms with E-state index in [4.69, 9.17) is 0 Å². The smallest absolute Gasteiger partial charge is 0.279 e. The standard InChI is InChI=1S/C8H18N2O3S/c1-7(11)8-3-5-10(6-4-8)14(12,13)9-2/h7-9,11H,3-6H2,1-2H3. The van der Waals surface area contributed by atoms with E-state index in [-0.39, 0.29) is 12.0 Å². The molecule has 0 aromatic rings. The van der Waals surface area contributed by atoms with Crippen molar-refractivity contribution in [1.29, 1.82) is 0 Å². The van der Waals surface area contributed by atoms with E-state index in [0.717, 1.165) is 12.8 Å². The Kier molecular flexibility index (Phi) is 3.88. The Morgan fingerprint density at radius 2 is 1.93 bits per heavy atom. The molecule has 14 heavy (non-hydrogen) atoms. The summed E-state index contributed by atoms with van der Waals surface area (Å²) in [5.41, 5.74) is 0. The number of piperidine rings is 1. The summed E-state index contributed by atoms with van der Waals surface area (Å²) in [5, 5.41) is 9.34. The maximum Gasteiger partial charge on any atom is 0.279 e. The van der Waals surface area contributed by atoms with Crippen LogP contribution in [0.4, 0.5) is 0 Å². The van der Waals surface area contributed by atoms with E-state index in [0.29, 0.717) is 13.1 Å². The summed E-state index contributed by atoms with van der Waals surface area (Å²) in [6.07, 6.45) is 1.13. The van der Waals surface area contributed by atoms with Crippen molar-refractivity contribution in [2.24, 2.45) is 5.92 Å². The van der Waals surface area contributed by atoms with Gasteiger partial charge in [-0.25, -0.2) is 4.72 Å². The number of nitrogens with one attached hydrogen (secondary N) is 1. The van der Waals surface area contributed by atoms with Crippen molar-refractivity contribution in [2.75, 3.05) is 20.1 Å². The van der Waals surface area contributed by atoms with E-state index in [1.165, 1.54) is 11.4 Å². The van der Waals surface area contributed by atoms with Crippen LogP contribution in [0.2, 0.25) is 0 Å². The van der Waals surface area contributed by atoms with Crippen LogP contribution >= 0.6 is 0 Å². The second-order valence-electron chi connectivity index (χ2n) is 3.69. The Balaban J connectivity index is 2.52. The highest BCUT2D eigenvalue weighted by Gasteiger charge is 2.28. The van der Waals surface area contributed by atoms with Crippen LogP contribution in [0.3, 0.4) is 0 Å². The van der Waals surface area contributed by atoms with Crippen LogP contribution in [0.25, 0.3) is 0 Å². The maximum absolute atomic E-state index is 11.4. The first-order valence-corrected chi connectivity index (χ1v) is 6.28. The summed E-state index contributed by atoms with van der Waals surface area (Å²) in [6.45, 7) is 2.75. The maximum atomic E-state index is 11.4. The minimum absolute atomic E-state index is 0.235. The fourth-order valence-electron chi connectivity index (χ4n) is 1.73. The Bertz CT molecular complexity index is 268. The van der Waals surface area contributed by atoms with Gasteiger partial charge in [-0.2, -0.15) is 12.7 Å². The van der Waals surface area contributed by atoms with Crippen molar-refractivity contribution in [3.8, 4) is 0 Å². The molecule has 1 heterocycles. The first-order valence-electron chi connectivity index (χ1n) is 4.84. The minimum Gasteiger partial charge on any atom is -0.393 e. The average molecular weight is 222 g/mol. The molecule has 0 radical (unpaired) electrons. The Morgan fingerprint density at radius 1 is 1.43 bits per heavy atom. The van der Waals surface area contributed by atoms with Gasteiger partial charge in [0.25, 0.3) is 10.2 Å². The molecule has 1 fully saturated rings. The fourth-order valence-corrected chi connectivity index (χ4v) is 2.68. The van der Waals surface area contributed by atoms with Gasteiger partial charge >= 0.3 is 0 Å². The number of hydrogen-bond acceptors (Lipinski definition) is 3. The van der Waals surface area contributed by atoms with Gasteiger partial charge in [-0.1, -0.05) is 0 Å². The molecule has 0 saturated carbocycles. The summed E-state index contributed by atoms with van der Waals surface area (Å²) in [6, 6.07) is 0. The number of nitrogens with zero attached hydrogens (tertiary/aromatic N) is 1.